The topological polar surface area (TPSA) is 29.1 Å². The van der Waals surface area contributed by atoms with E-state index in [1.807, 2.05) is 26.0 Å². The van der Waals surface area contributed by atoms with Gasteiger partial charge in [0.2, 0.25) is 5.91 Å². The van der Waals surface area contributed by atoms with Crippen LogP contribution in [0.3, 0.4) is 0 Å². The van der Waals surface area contributed by atoms with Crippen molar-refractivity contribution in [1.29, 1.82) is 0 Å². The van der Waals surface area contributed by atoms with Crippen LogP contribution in [-0.4, -0.2) is 5.91 Å². The van der Waals surface area contributed by atoms with Crippen molar-refractivity contribution >= 4 is 27.5 Å². The number of carbonyl (C=O) groups is 1. The van der Waals surface area contributed by atoms with Gasteiger partial charge in [0.25, 0.3) is 0 Å². The van der Waals surface area contributed by atoms with Crippen LogP contribution in [0.15, 0.2) is 16.6 Å². The Hall–Kier alpha value is -0.830. The number of rotatable bonds is 1. The van der Waals surface area contributed by atoms with Gasteiger partial charge in [-0.1, -0.05) is 15.9 Å². The predicted octanol–water partition coefficient (Wildman–Crippen LogP) is 3.02. The van der Waals surface area contributed by atoms with Crippen molar-refractivity contribution in [2.24, 2.45) is 0 Å². The molecule has 0 fully saturated rings. The fourth-order valence-electron chi connectivity index (χ4n) is 1.28. The maximum absolute atomic E-state index is 10.9. The monoisotopic (exact) mass is 241 g/mol. The summed E-state index contributed by atoms with van der Waals surface area (Å²) in [7, 11) is 0. The molecule has 0 aliphatic carbocycles. The second kappa shape index (κ2) is 3.92. The SMILES string of the molecule is CC(=O)Nc1c(C)cc(Br)cc1C. The molecule has 1 aromatic carbocycles. The zero-order chi connectivity index (χ0) is 10.0. The first-order valence-corrected chi connectivity index (χ1v) is 4.84. The minimum Gasteiger partial charge on any atom is -0.326 e. The van der Waals surface area contributed by atoms with Gasteiger partial charge in [0.15, 0.2) is 0 Å². The highest BCUT2D eigenvalue weighted by molar-refractivity contribution is 9.10. The number of hydrogen-bond donors (Lipinski definition) is 1. The van der Waals surface area contributed by atoms with Crippen LogP contribution in [0.5, 0.6) is 0 Å². The normalized spacial score (nSPS) is 9.85. The number of aryl methyl sites for hydroxylation is 2. The number of anilines is 1. The molecule has 0 spiro atoms. The largest absolute Gasteiger partial charge is 0.326 e. The van der Waals surface area contributed by atoms with E-state index in [0.29, 0.717) is 0 Å². The molecule has 1 N–H and O–H groups in total. The molecule has 0 saturated carbocycles. The molecule has 0 bridgehead atoms. The van der Waals surface area contributed by atoms with E-state index >= 15 is 0 Å². The molecule has 0 saturated heterocycles. The molecule has 0 radical (unpaired) electrons. The fourth-order valence-corrected chi connectivity index (χ4v) is 1.97. The Morgan fingerprint density at radius 2 is 1.77 bits per heavy atom. The van der Waals surface area contributed by atoms with Crippen molar-refractivity contribution in [2.75, 3.05) is 5.32 Å². The van der Waals surface area contributed by atoms with Crippen molar-refractivity contribution in [3.63, 3.8) is 0 Å². The minimum absolute atomic E-state index is 0.0338. The van der Waals surface area contributed by atoms with Gasteiger partial charge in [-0.25, -0.2) is 0 Å². The first-order valence-electron chi connectivity index (χ1n) is 4.05. The van der Waals surface area contributed by atoms with Crippen LogP contribution in [0.25, 0.3) is 0 Å². The van der Waals surface area contributed by atoms with Crippen molar-refractivity contribution < 1.29 is 4.79 Å². The van der Waals surface area contributed by atoms with Gasteiger partial charge in [0.05, 0.1) is 0 Å². The molecule has 0 heterocycles. The highest BCUT2D eigenvalue weighted by Gasteiger charge is 2.04. The maximum atomic E-state index is 10.9. The van der Waals surface area contributed by atoms with Crippen LogP contribution < -0.4 is 5.32 Å². The molecule has 1 amide bonds. The zero-order valence-electron chi connectivity index (χ0n) is 7.94. The molecule has 1 rings (SSSR count). The molecule has 0 atom stereocenters. The molecule has 0 aliphatic heterocycles. The summed E-state index contributed by atoms with van der Waals surface area (Å²) in [5, 5.41) is 2.81. The number of amides is 1. The van der Waals surface area contributed by atoms with E-state index in [9.17, 15) is 4.79 Å². The quantitative estimate of drug-likeness (QED) is 0.805. The Morgan fingerprint density at radius 1 is 1.31 bits per heavy atom. The van der Waals surface area contributed by atoms with Crippen LogP contribution in [-0.2, 0) is 4.79 Å². The van der Waals surface area contributed by atoms with E-state index in [0.717, 1.165) is 21.3 Å². The lowest BCUT2D eigenvalue weighted by Gasteiger charge is -2.10. The zero-order valence-corrected chi connectivity index (χ0v) is 9.53. The Bertz CT molecular complexity index is 324. The van der Waals surface area contributed by atoms with Crippen LogP contribution in [0.4, 0.5) is 5.69 Å². The van der Waals surface area contributed by atoms with E-state index in [1.165, 1.54) is 6.92 Å². The molecular weight excluding hydrogens is 230 g/mol. The Labute approximate surface area is 86.5 Å². The van der Waals surface area contributed by atoms with Crippen LogP contribution in [0.1, 0.15) is 18.1 Å². The summed E-state index contributed by atoms with van der Waals surface area (Å²) in [6.07, 6.45) is 0. The summed E-state index contributed by atoms with van der Waals surface area (Å²) < 4.78 is 1.04. The molecule has 70 valence electrons. The molecule has 0 aromatic heterocycles. The van der Waals surface area contributed by atoms with Crippen molar-refractivity contribution in [2.45, 2.75) is 20.8 Å². The highest BCUT2D eigenvalue weighted by Crippen LogP contribution is 2.24. The number of benzene rings is 1. The third kappa shape index (κ3) is 2.56. The molecule has 0 unspecified atom stereocenters. The van der Waals surface area contributed by atoms with Crippen LogP contribution >= 0.6 is 15.9 Å². The lowest BCUT2D eigenvalue weighted by Crippen LogP contribution is -2.08. The highest BCUT2D eigenvalue weighted by atomic mass is 79.9. The average Bonchev–Trinajstić information content (AvgIpc) is 1.96. The van der Waals surface area contributed by atoms with Gasteiger partial charge in [0.1, 0.15) is 0 Å². The van der Waals surface area contributed by atoms with E-state index in [2.05, 4.69) is 21.2 Å². The van der Waals surface area contributed by atoms with Crippen molar-refractivity contribution in [3.05, 3.63) is 27.7 Å². The summed E-state index contributed by atoms with van der Waals surface area (Å²) >= 11 is 3.40. The molecular formula is C10H12BrNO. The van der Waals surface area contributed by atoms with Gasteiger partial charge >= 0.3 is 0 Å². The van der Waals surface area contributed by atoms with Gasteiger partial charge < -0.3 is 5.32 Å². The summed E-state index contributed by atoms with van der Waals surface area (Å²) in [6, 6.07) is 3.97. The smallest absolute Gasteiger partial charge is 0.221 e. The van der Waals surface area contributed by atoms with E-state index in [-0.39, 0.29) is 5.91 Å². The second-order valence-electron chi connectivity index (χ2n) is 3.10. The van der Waals surface area contributed by atoms with Gasteiger partial charge in [-0.05, 0) is 37.1 Å². The summed E-state index contributed by atoms with van der Waals surface area (Å²) in [4.78, 5) is 10.9. The third-order valence-corrected chi connectivity index (χ3v) is 2.26. The molecule has 1 aromatic rings. The lowest BCUT2D eigenvalue weighted by atomic mass is 10.1. The predicted molar refractivity (Wildman–Crippen MR) is 57.9 cm³/mol. The molecule has 3 heteroatoms. The Balaban J connectivity index is 3.13. The number of halogens is 1. The van der Waals surface area contributed by atoms with E-state index in [4.69, 9.17) is 0 Å². The lowest BCUT2D eigenvalue weighted by molar-refractivity contribution is -0.114. The Morgan fingerprint density at radius 3 is 2.15 bits per heavy atom. The first-order chi connectivity index (χ1) is 6.00. The molecule has 2 nitrogen and oxygen atoms in total. The van der Waals surface area contributed by atoms with E-state index in [1.54, 1.807) is 0 Å². The summed E-state index contributed by atoms with van der Waals surface area (Å²) in [6.45, 7) is 5.47. The van der Waals surface area contributed by atoms with E-state index < -0.39 is 0 Å². The fraction of sp³-hybridized carbons (Fsp3) is 0.300. The number of hydrogen-bond acceptors (Lipinski definition) is 1. The van der Waals surface area contributed by atoms with Crippen LogP contribution in [0.2, 0.25) is 0 Å². The van der Waals surface area contributed by atoms with Crippen LogP contribution in [0, 0.1) is 13.8 Å². The minimum atomic E-state index is -0.0338. The average molecular weight is 242 g/mol. The molecule has 13 heavy (non-hydrogen) atoms. The maximum Gasteiger partial charge on any atom is 0.221 e. The second-order valence-corrected chi connectivity index (χ2v) is 4.01. The number of carbonyl (C=O) groups excluding carboxylic acids is 1. The van der Waals surface area contributed by atoms with Gasteiger partial charge in [0, 0.05) is 17.1 Å². The van der Waals surface area contributed by atoms with Gasteiger partial charge in [-0.3, -0.25) is 4.79 Å². The molecule has 0 aliphatic rings. The third-order valence-electron chi connectivity index (χ3n) is 1.80. The first kappa shape index (κ1) is 10.3. The summed E-state index contributed by atoms with van der Waals surface area (Å²) in [5.74, 6) is -0.0338. The standard InChI is InChI=1S/C10H12BrNO/c1-6-4-9(11)5-7(2)10(6)12-8(3)13/h4-5H,1-3H3,(H,12,13). The number of nitrogens with one attached hydrogen (secondary N) is 1. The van der Waals surface area contributed by atoms with Crippen molar-refractivity contribution in [3.8, 4) is 0 Å². The summed E-state index contributed by atoms with van der Waals surface area (Å²) in [5.41, 5.74) is 3.06. The van der Waals surface area contributed by atoms with Gasteiger partial charge in [-0.2, -0.15) is 0 Å². The Kier molecular flexibility index (Phi) is 3.09. The van der Waals surface area contributed by atoms with Gasteiger partial charge in [-0.15, -0.1) is 0 Å². The van der Waals surface area contributed by atoms with Crippen molar-refractivity contribution in [1.82, 2.24) is 0 Å².